The third-order valence-corrected chi connectivity index (χ3v) is 5.59. The average Bonchev–Trinajstić information content (AvgIpc) is 2.75. The molecule has 1 heterocycles. The summed E-state index contributed by atoms with van der Waals surface area (Å²) in [6.07, 6.45) is 2.73. The van der Waals surface area contributed by atoms with Crippen LogP contribution in [0.3, 0.4) is 0 Å². The van der Waals surface area contributed by atoms with Crippen molar-refractivity contribution in [3.63, 3.8) is 0 Å². The van der Waals surface area contributed by atoms with Crippen molar-refractivity contribution in [3.8, 4) is 11.6 Å². The lowest BCUT2D eigenvalue weighted by molar-refractivity contribution is -0.118. The number of hydrogen-bond acceptors (Lipinski definition) is 7. The normalized spacial score (nSPS) is 10.9. The molecule has 0 bridgehead atoms. The van der Waals surface area contributed by atoms with Crippen LogP contribution in [0, 0.1) is 13.8 Å². The van der Waals surface area contributed by atoms with E-state index in [2.05, 4.69) is 20.0 Å². The van der Waals surface area contributed by atoms with Gasteiger partial charge in [0.15, 0.2) is 6.61 Å². The maximum absolute atomic E-state index is 12.6. The molecule has 0 unspecified atom stereocenters. The highest BCUT2D eigenvalue weighted by Gasteiger charge is 2.18. The number of nitrogens with one attached hydrogen (secondary N) is 2. The van der Waals surface area contributed by atoms with Gasteiger partial charge >= 0.3 is 0 Å². The van der Waals surface area contributed by atoms with Crippen LogP contribution in [0.4, 0.5) is 11.5 Å². The molecule has 9 nitrogen and oxygen atoms in total. The van der Waals surface area contributed by atoms with Gasteiger partial charge in [-0.25, -0.2) is 18.4 Å². The summed E-state index contributed by atoms with van der Waals surface area (Å²) in [5.74, 6) is 0.311. The molecule has 0 fully saturated rings. The molecule has 1 amide bonds. The van der Waals surface area contributed by atoms with E-state index in [9.17, 15) is 13.2 Å². The van der Waals surface area contributed by atoms with Gasteiger partial charge in [0, 0.05) is 18.1 Å². The number of carbonyl (C=O) groups is 1. The van der Waals surface area contributed by atoms with Gasteiger partial charge in [0.1, 0.15) is 5.75 Å². The lowest BCUT2D eigenvalue weighted by atomic mass is 10.1. The van der Waals surface area contributed by atoms with Crippen molar-refractivity contribution >= 4 is 27.4 Å². The number of rotatable bonds is 8. The van der Waals surface area contributed by atoms with E-state index in [1.165, 1.54) is 43.8 Å². The molecule has 2 aromatic carbocycles. The van der Waals surface area contributed by atoms with Gasteiger partial charge < -0.3 is 14.8 Å². The first-order valence-corrected chi connectivity index (χ1v) is 10.7. The number of anilines is 2. The third-order valence-electron chi connectivity index (χ3n) is 4.24. The molecule has 162 valence electrons. The molecule has 0 saturated heterocycles. The van der Waals surface area contributed by atoms with Gasteiger partial charge in [-0.15, -0.1) is 0 Å². The van der Waals surface area contributed by atoms with Crippen molar-refractivity contribution in [1.29, 1.82) is 0 Å². The van der Waals surface area contributed by atoms with Crippen LogP contribution in [0.25, 0.3) is 0 Å². The molecule has 31 heavy (non-hydrogen) atoms. The van der Waals surface area contributed by atoms with Crippen LogP contribution in [0.2, 0.25) is 0 Å². The minimum atomic E-state index is -3.92. The topological polar surface area (TPSA) is 120 Å². The van der Waals surface area contributed by atoms with E-state index in [4.69, 9.17) is 9.47 Å². The molecule has 3 rings (SSSR count). The maximum Gasteiger partial charge on any atom is 0.263 e. The molecule has 0 aliphatic heterocycles. The van der Waals surface area contributed by atoms with Crippen molar-refractivity contribution in [2.45, 2.75) is 18.7 Å². The Bertz CT molecular complexity index is 1180. The summed E-state index contributed by atoms with van der Waals surface area (Å²) in [5, 5.41) is 2.67. The van der Waals surface area contributed by atoms with E-state index < -0.39 is 10.0 Å². The zero-order valence-corrected chi connectivity index (χ0v) is 18.1. The number of aryl methyl sites for hydroxylation is 2. The summed E-state index contributed by atoms with van der Waals surface area (Å²) >= 11 is 0. The van der Waals surface area contributed by atoms with Crippen LogP contribution in [0.5, 0.6) is 11.6 Å². The van der Waals surface area contributed by atoms with Crippen molar-refractivity contribution < 1.29 is 22.7 Å². The van der Waals surface area contributed by atoms with E-state index >= 15 is 0 Å². The van der Waals surface area contributed by atoms with Gasteiger partial charge in [0.2, 0.25) is 5.82 Å². The molecule has 1 aromatic heterocycles. The monoisotopic (exact) mass is 442 g/mol. The lowest BCUT2D eigenvalue weighted by Gasteiger charge is -2.11. The Labute approximate surface area is 180 Å². The van der Waals surface area contributed by atoms with Crippen LogP contribution in [0.1, 0.15) is 11.1 Å². The molecular formula is C21H22N4O5S. The predicted octanol–water partition coefficient (Wildman–Crippen LogP) is 2.92. The maximum atomic E-state index is 12.6. The quantitative estimate of drug-likeness (QED) is 0.550. The largest absolute Gasteiger partial charge is 0.483 e. The average molecular weight is 442 g/mol. The van der Waals surface area contributed by atoms with Gasteiger partial charge in [0.05, 0.1) is 12.0 Å². The number of nitrogens with zero attached hydrogens (tertiary/aromatic N) is 2. The molecule has 2 N–H and O–H groups in total. The molecule has 0 aliphatic rings. The summed E-state index contributed by atoms with van der Waals surface area (Å²) in [6, 6.07) is 11.5. The highest BCUT2D eigenvalue weighted by atomic mass is 32.2. The second-order valence-electron chi connectivity index (χ2n) is 6.65. The molecule has 0 atom stereocenters. The molecule has 0 aliphatic carbocycles. The summed E-state index contributed by atoms with van der Waals surface area (Å²) in [6.45, 7) is 3.67. The summed E-state index contributed by atoms with van der Waals surface area (Å²) < 4.78 is 38.1. The number of amides is 1. The van der Waals surface area contributed by atoms with Gasteiger partial charge in [-0.3, -0.25) is 9.52 Å². The zero-order chi connectivity index (χ0) is 22.4. The van der Waals surface area contributed by atoms with Crippen molar-refractivity contribution in [3.05, 3.63) is 66.0 Å². The van der Waals surface area contributed by atoms with E-state index in [1.54, 1.807) is 0 Å². The minimum Gasteiger partial charge on any atom is -0.483 e. The SMILES string of the molecule is COc1nccnc1NS(=O)(=O)c1ccc(NC(=O)COc2cc(C)ccc2C)cc1. The Morgan fingerprint density at radius 1 is 1.03 bits per heavy atom. The van der Waals surface area contributed by atoms with Crippen LogP contribution < -0.4 is 19.5 Å². The number of aromatic nitrogens is 2. The van der Waals surface area contributed by atoms with Crippen LogP contribution in [-0.2, 0) is 14.8 Å². The van der Waals surface area contributed by atoms with E-state index in [0.29, 0.717) is 11.4 Å². The molecule has 0 saturated carbocycles. The van der Waals surface area contributed by atoms with Crippen LogP contribution in [0.15, 0.2) is 59.8 Å². The smallest absolute Gasteiger partial charge is 0.263 e. The number of methoxy groups -OCH3 is 1. The van der Waals surface area contributed by atoms with Crippen molar-refractivity contribution in [1.82, 2.24) is 9.97 Å². The van der Waals surface area contributed by atoms with E-state index in [0.717, 1.165) is 11.1 Å². The second-order valence-corrected chi connectivity index (χ2v) is 8.33. The number of carbonyl (C=O) groups excluding carboxylic acids is 1. The Morgan fingerprint density at radius 2 is 1.74 bits per heavy atom. The molecule has 0 radical (unpaired) electrons. The molecular weight excluding hydrogens is 420 g/mol. The fraction of sp³-hybridized carbons (Fsp3) is 0.190. The Kier molecular flexibility index (Phi) is 6.71. The number of benzene rings is 2. The number of sulfonamides is 1. The molecule has 10 heteroatoms. The fourth-order valence-corrected chi connectivity index (χ4v) is 3.66. The first kappa shape index (κ1) is 22.0. The summed E-state index contributed by atoms with van der Waals surface area (Å²) in [4.78, 5) is 20.0. The van der Waals surface area contributed by atoms with Gasteiger partial charge in [0.25, 0.3) is 21.8 Å². The second kappa shape index (κ2) is 9.43. The lowest BCUT2D eigenvalue weighted by Crippen LogP contribution is -2.20. The zero-order valence-electron chi connectivity index (χ0n) is 17.2. The molecule has 3 aromatic rings. The van der Waals surface area contributed by atoms with Crippen LogP contribution >= 0.6 is 0 Å². The molecule has 0 spiro atoms. The Balaban J connectivity index is 1.62. The standard InChI is InChI=1S/C21H22N4O5S/c1-14-4-5-15(2)18(12-14)30-13-19(26)24-16-6-8-17(9-7-16)31(27,28)25-20-21(29-3)23-11-10-22-20/h4-12H,13H2,1-3H3,(H,22,25)(H,24,26). The Morgan fingerprint density at radius 3 is 2.45 bits per heavy atom. The predicted molar refractivity (Wildman–Crippen MR) is 116 cm³/mol. The number of ether oxygens (including phenoxy) is 2. The van der Waals surface area contributed by atoms with Crippen LogP contribution in [-0.4, -0.2) is 38.0 Å². The summed E-state index contributed by atoms with van der Waals surface area (Å²) in [5.41, 5.74) is 2.40. The van der Waals surface area contributed by atoms with Gasteiger partial charge in [-0.2, -0.15) is 0 Å². The van der Waals surface area contributed by atoms with E-state index in [1.807, 2.05) is 32.0 Å². The van der Waals surface area contributed by atoms with Crippen molar-refractivity contribution in [2.24, 2.45) is 0 Å². The third kappa shape index (κ3) is 5.70. The first-order chi connectivity index (χ1) is 14.8. The number of hydrogen-bond donors (Lipinski definition) is 2. The Hall–Kier alpha value is -3.66. The first-order valence-electron chi connectivity index (χ1n) is 9.26. The highest BCUT2D eigenvalue weighted by Crippen LogP contribution is 2.22. The van der Waals surface area contributed by atoms with Gasteiger partial charge in [-0.1, -0.05) is 12.1 Å². The van der Waals surface area contributed by atoms with E-state index in [-0.39, 0.29) is 29.1 Å². The summed E-state index contributed by atoms with van der Waals surface area (Å²) in [7, 11) is -2.55. The fourth-order valence-electron chi connectivity index (χ4n) is 2.65. The highest BCUT2D eigenvalue weighted by molar-refractivity contribution is 7.92. The van der Waals surface area contributed by atoms with Gasteiger partial charge in [-0.05, 0) is 55.3 Å². The minimum absolute atomic E-state index is 0.00941. The van der Waals surface area contributed by atoms with Crippen molar-refractivity contribution in [2.75, 3.05) is 23.8 Å².